The van der Waals surface area contributed by atoms with Crippen molar-refractivity contribution in [3.8, 4) is 0 Å². The van der Waals surface area contributed by atoms with Crippen molar-refractivity contribution in [3.05, 3.63) is 65.2 Å². The summed E-state index contributed by atoms with van der Waals surface area (Å²) in [5.74, 6) is -1.19. The van der Waals surface area contributed by atoms with Crippen LogP contribution in [-0.2, 0) is 0 Å². The van der Waals surface area contributed by atoms with E-state index in [4.69, 9.17) is 0 Å². The lowest BCUT2D eigenvalue weighted by molar-refractivity contribution is 0.0939. The van der Waals surface area contributed by atoms with Crippen LogP contribution < -0.4 is 10.2 Å². The minimum absolute atomic E-state index is 0.245. The fourth-order valence-corrected chi connectivity index (χ4v) is 3.19. The molecule has 1 atom stereocenters. The molecule has 26 heavy (non-hydrogen) atoms. The molecule has 0 saturated carbocycles. The van der Waals surface area contributed by atoms with Crippen LogP contribution in [0.15, 0.2) is 42.5 Å². The van der Waals surface area contributed by atoms with Crippen molar-refractivity contribution in [2.24, 2.45) is 0 Å². The van der Waals surface area contributed by atoms with E-state index >= 15 is 0 Å². The lowest BCUT2D eigenvalue weighted by atomic mass is 10.0. The van der Waals surface area contributed by atoms with Gasteiger partial charge >= 0.3 is 0 Å². The molecule has 6 heteroatoms. The third-order valence-electron chi connectivity index (χ3n) is 4.73. The molecule has 1 heterocycles. The number of halogens is 2. The number of amides is 1. The highest BCUT2D eigenvalue weighted by Gasteiger charge is 2.21. The Labute approximate surface area is 152 Å². The summed E-state index contributed by atoms with van der Waals surface area (Å²) in [6, 6.07) is 9.79. The minimum atomic E-state index is -0.464. The van der Waals surface area contributed by atoms with Gasteiger partial charge in [0.1, 0.15) is 11.6 Å². The number of nitrogens with one attached hydrogen (secondary N) is 1. The Morgan fingerprint density at radius 1 is 1.04 bits per heavy atom. The second-order valence-corrected chi connectivity index (χ2v) is 6.70. The highest BCUT2D eigenvalue weighted by molar-refractivity contribution is 5.94. The van der Waals surface area contributed by atoms with Crippen LogP contribution in [0.4, 0.5) is 14.5 Å². The summed E-state index contributed by atoms with van der Waals surface area (Å²) < 4.78 is 27.2. The molecule has 0 spiro atoms. The lowest BCUT2D eigenvalue weighted by Gasteiger charge is -2.36. The van der Waals surface area contributed by atoms with E-state index in [1.165, 1.54) is 30.3 Å². The Morgan fingerprint density at radius 2 is 1.73 bits per heavy atom. The summed E-state index contributed by atoms with van der Waals surface area (Å²) in [6.45, 7) is 5.37. The number of hydrogen-bond donors (Lipinski definition) is 1. The summed E-state index contributed by atoms with van der Waals surface area (Å²) in [6.07, 6.45) is 0. The van der Waals surface area contributed by atoms with Gasteiger partial charge in [0.25, 0.3) is 5.91 Å². The second kappa shape index (κ2) is 7.83. The standard InChI is InChI=1S/C20H23F2N3O/c1-14(23-20(26)15-4-3-5-16(21)12-15)18-13-17(22)6-7-19(18)25-10-8-24(2)9-11-25/h3-7,12-14H,8-11H2,1-2H3,(H,23,26). The molecule has 1 aliphatic heterocycles. The van der Waals surface area contributed by atoms with Crippen LogP contribution in [0.3, 0.4) is 0 Å². The average Bonchev–Trinajstić information content (AvgIpc) is 2.62. The number of nitrogens with zero attached hydrogens (tertiary/aromatic N) is 2. The second-order valence-electron chi connectivity index (χ2n) is 6.70. The molecule has 3 rings (SSSR count). The highest BCUT2D eigenvalue weighted by atomic mass is 19.1. The molecule has 2 aromatic carbocycles. The first kappa shape index (κ1) is 18.3. The van der Waals surface area contributed by atoms with E-state index in [1.807, 2.05) is 6.92 Å². The van der Waals surface area contributed by atoms with Crippen molar-refractivity contribution < 1.29 is 13.6 Å². The lowest BCUT2D eigenvalue weighted by Crippen LogP contribution is -2.45. The van der Waals surface area contributed by atoms with Crippen molar-refractivity contribution in [2.45, 2.75) is 13.0 Å². The van der Waals surface area contributed by atoms with Crippen LogP contribution in [0.2, 0.25) is 0 Å². The van der Waals surface area contributed by atoms with Crippen molar-refractivity contribution >= 4 is 11.6 Å². The Morgan fingerprint density at radius 3 is 2.42 bits per heavy atom. The van der Waals surface area contributed by atoms with E-state index in [-0.39, 0.29) is 17.3 Å². The zero-order valence-electron chi connectivity index (χ0n) is 15.0. The molecule has 0 bridgehead atoms. The molecule has 0 aromatic heterocycles. The molecule has 1 N–H and O–H groups in total. The summed E-state index contributed by atoms with van der Waals surface area (Å²) in [4.78, 5) is 16.9. The molecule has 0 radical (unpaired) electrons. The molecular formula is C20H23F2N3O. The van der Waals surface area contributed by atoms with E-state index in [0.29, 0.717) is 0 Å². The predicted octanol–water partition coefficient (Wildman–Crippen LogP) is 3.21. The van der Waals surface area contributed by atoms with Gasteiger partial charge in [0.2, 0.25) is 0 Å². The Hall–Kier alpha value is -2.47. The molecule has 1 amide bonds. The number of carbonyl (C=O) groups excluding carboxylic acids is 1. The summed E-state index contributed by atoms with van der Waals surface area (Å²) in [7, 11) is 2.07. The molecule has 1 saturated heterocycles. The summed E-state index contributed by atoms with van der Waals surface area (Å²) in [5, 5.41) is 2.85. The number of piperazine rings is 1. The zero-order chi connectivity index (χ0) is 18.7. The van der Waals surface area contributed by atoms with Gasteiger partial charge in [-0.15, -0.1) is 0 Å². The molecular weight excluding hydrogens is 336 g/mol. The Balaban J connectivity index is 1.81. The van der Waals surface area contributed by atoms with Gasteiger partial charge in [-0.05, 0) is 50.4 Å². The van der Waals surface area contributed by atoms with E-state index < -0.39 is 11.9 Å². The van der Waals surface area contributed by atoms with Gasteiger partial charge in [-0.1, -0.05) is 6.07 Å². The van der Waals surface area contributed by atoms with Crippen LogP contribution >= 0.6 is 0 Å². The zero-order valence-corrected chi connectivity index (χ0v) is 15.0. The summed E-state index contributed by atoms with van der Waals surface area (Å²) >= 11 is 0. The summed E-state index contributed by atoms with van der Waals surface area (Å²) in [5.41, 5.74) is 1.89. The number of carbonyl (C=O) groups is 1. The van der Waals surface area contributed by atoms with Crippen LogP contribution in [0.1, 0.15) is 28.9 Å². The van der Waals surface area contributed by atoms with Crippen LogP contribution in [0.25, 0.3) is 0 Å². The van der Waals surface area contributed by atoms with E-state index in [2.05, 4.69) is 22.2 Å². The monoisotopic (exact) mass is 359 g/mol. The van der Waals surface area contributed by atoms with E-state index in [0.717, 1.165) is 37.4 Å². The van der Waals surface area contributed by atoms with Gasteiger partial charge in [0.05, 0.1) is 6.04 Å². The predicted molar refractivity (Wildman–Crippen MR) is 98.4 cm³/mol. The van der Waals surface area contributed by atoms with Crippen LogP contribution in [-0.4, -0.2) is 44.0 Å². The normalized spacial score (nSPS) is 16.4. The Kier molecular flexibility index (Phi) is 5.52. The first-order valence-corrected chi connectivity index (χ1v) is 8.73. The maximum Gasteiger partial charge on any atom is 0.251 e. The molecule has 2 aromatic rings. The smallest absolute Gasteiger partial charge is 0.251 e. The van der Waals surface area contributed by atoms with Crippen LogP contribution in [0.5, 0.6) is 0 Å². The molecule has 0 aliphatic carbocycles. The van der Waals surface area contributed by atoms with Crippen LogP contribution in [0, 0.1) is 11.6 Å². The number of rotatable bonds is 4. The van der Waals surface area contributed by atoms with E-state index in [9.17, 15) is 13.6 Å². The number of benzene rings is 2. The molecule has 1 unspecified atom stereocenters. The first-order chi connectivity index (χ1) is 12.4. The fourth-order valence-electron chi connectivity index (χ4n) is 3.19. The third kappa shape index (κ3) is 4.19. The van der Waals surface area contributed by atoms with Crippen molar-refractivity contribution in [3.63, 3.8) is 0 Å². The van der Waals surface area contributed by atoms with Crippen molar-refractivity contribution in [1.82, 2.24) is 10.2 Å². The minimum Gasteiger partial charge on any atom is -0.369 e. The average molecular weight is 359 g/mol. The van der Waals surface area contributed by atoms with E-state index in [1.54, 1.807) is 12.1 Å². The van der Waals surface area contributed by atoms with Gasteiger partial charge in [-0.2, -0.15) is 0 Å². The Bertz CT molecular complexity index is 788. The van der Waals surface area contributed by atoms with Gasteiger partial charge in [0.15, 0.2) is 0 Å². The van der Waals surface area contributed by atoms with Gasteiger partial charge < -0.3 is 15.1 Å². The molecule has 1 aliphatic rings. The SMILES string of the molecule is CC(NC(=O)c1cccc(F)c1)c1cc(F)ccc1N1CCN(C)CC1. The highest BCUT2D eigenvalue weighted by Crippen LogP contribution is 2.28. The maximum atomic E-state index is 13.9. The quantitative estimate of drug-likeness (QED) is 0.911. The first-order valence-electron chi connectivity index (χ1n) is 8.73. The maximum absolute atomic E-state index is 13.9. The largest absolute Gasteiger partial charge is 0.369 e. The molecule has 1 fully saturated rings. The van der Waals surface area contributed by atoms with Crippen molar-refractivity contribution in [2.75, 3.05) is 38.1 Å². The molecule has 138 valence electrons. The van der Waals surface area contributed by atoms with Gasteiger partial charge in [-0.3, -0.25) is 4.79 Å². The topological polar surface area (TPSA) is 35.6 Å². The molecule has 4 nitrogen and oxygen atoms in total. The number of likely N-dealkylation sites (N-methyl/N-ethyl adjacent to an activating group) is 1. The van der Waals surface area contributed by atoms with Gasteiger partial charge in [-0.25, -0.2) is 8.78 Å². The number of hydrogen-bond acceptors (Lipinski definition) is 3. The fraction of sp³-hybridized carbons (Fsp3) is 0.350. The van der Waals surface area contributed by atoms with Gasteiger partial charge in [0, 0.05) is 43.0 Å². The number of anilines is 1. The van der Waals surface area contributed by atoms with Crippen molar-refractivity contribution in [1.29, 1.82) is 0 Å². The third-order valence-corrected chi connectivity index (χ3v) is 4.73.